The minimum Gasteiger partial charge on any atom is -0.467 e. The summed E-state index contributed by atoms with van der Waals surface area (Å²) in [7, 11) is 1.29. The second-order valence-corrected chi connectivity index (χ2v) is 2.86. The van der Waals surface area contributed by atoms with E-state index in [0.29, 0.717) is 6.54 Å². The van der Waals surface area contributed by atoms with E-state index in [0.717, 1.165) is 0 Å². The first-order valence-electron chi connectivity index (χ1n) is 4.68. The lowest BCUT2D eigenvalue weighted by Crippen LogP contribution is -2.20. The predicted octanol–water partition coefficient (Wildman–Crippen LogP) is 1.25. The quantitative estimate of drug-likeness (QED) is 0.850. The van der Waals surface area contributed by atoms with Crippen LogP contribution in [0.5, 0.6) is 12.0 Å². The molecule has 0 saturated heterocycles. The lowest BCUT2D eigenvalue weighted by atomic mass is 10.7. The van der Waals surface area contributed by atoms with Crippen LogP contribution in [-0.2, 0) is 0 Å². The van der Waals surface area contributed by atoms with Crippen molar-refractivity contribution in [3.63, 3.8) is 0 Å². The van der Waals surface area contributed by atoms with Crippen molar-refractivity contribution in [2.24, 2.45) is 0 Å². The lowest BCUT2D eigenvalue weighted by Gasteiger charge is -2.09. The molecule has 0 aromatic carbocycles. The zero-order valence-electron chi connectivity index (χ0n) is 9.21. The fourth-order valence-electron chi connectivity index (χ4n) is 0.877. The van der Waals surface area contributed by atoms with Gasteiger partial charge in [-0.05, 0) is 6.92 Å². The molecule has 1 aromatic rings. The van der Waals surface area contributed by atoms with E-state index in [9.17, 15) is 13.2 Å². The normalized spacial score (nSPS) is 11.1. The Kier molecular flexibility index (Phi) is 4.30. The van der Waals surface area contributed by atoms with Crippen LogP contribution in [0, 0.1) is 0 Å². The van der Waals surface area contributed by atoms with Crippen molar-refractivity contribution in [2.45, 2.75) is 13.1 Å². The van der Waals surface area contributed by atoms with Crippen LogP contribution in [-0.4, -0.2) is 41.4 Å². The summed E-state index contributed by atoms with van der Waals surface area (Å²) in [6.45, 7) is 0.824. The van der Waals surface area contributed by atoms with Crippen molar-refractivity contribution in [1.29, 1.82) is 0 Å². The molecule has 0 radical (unpaired) electrons. The van der Waals surface area contributed by atoms with Gasteiger partial charge in [0, 0.05) is 6.54 Å². The number of ether oxygens (including phenoxy) is 2. The van der Waals surface area contributed by atoms with Gasteiger partial charge in [0.15, 0.2) is 6.61 Å². The predicted molar refractivity (Wildman–Crippen MR) is 52.1 cm³/mol. The molecule has 0 spiro atoms. The fraction of sp³-hybridized carbons (Fsp3) is 0.625. The number of alkyl halides is 3. The van der Waals surface area contributed by atoms with Crippen LogP contribution in [0.25, 0.3) is 0 Å². The summed E-state index contributed by atoms with van der Waals surface area (Å²) in [5.74, 6) is 0.0940. The Morgan fingerprint density at radius 3 is 2.35 bits per heavy atom. The number of nitrogens with one attached hydrogen (secondary N) is 1. The van der Waals surface area contributed by atoms with Crippen LogP contribution in [0.4, 0.5) is 19.1 Å². The van der Waals surface area contributed by atoms with Crippen LogP contribution in [0.3, 0.4) is 0 Å². The number of anilines is 1. The minimum atomic E-state index is -4.45. The van der Waals surface area contributed by atoms with Gasteiger partial charge in [0.1, 0.15) is 0 Å². The van der Waals surface area contributed by atoms with Crippen molar-refractivity contribution >= 4 is 5.95 Å². The molecule has 6 nitrogen and oxygen atoms in total. The summed E-state index contributed by atoms with van der Waals surface area (Å²) in [5, 5.41) is 2.72. The maximum absolute atomic E-state index is 11.9. The van der Waals surface area contributed by atoms with Crippen LogP contribution in [0.1, 0.15) is 6.92 Å². The molecule has 17 heavy (non-hydrogen) atoms. The third-order valence-electron chi connectivity index (χ3n) is 1.48. The first kappa shape index (κ1) is 13.3. The van der Waals surface area contributed by atoms with Crippen LogP contribution < -0.4 is 14.8 Å². The molecule has 9 heteroatoms. The molecule has 1 N–H and O–H groups in total. The highest BCUT2D eigenvalue weighted by Gasteiger charge is 2.29. The zero-order chi connectivity index (χ0) is 12.9. The van der Waals surface area contributed by atoms with E-state index >= 15 is 0 Å². The molecule has 0 unspecified atom stereocenters. The highest BCUT2D eigenvalue weighted by molar-refractivity contribution is 5.27. The molecular weight excluding hydrogens is 241 g/mol. The first-order chi connectivity index (χ1) is 7.94. The van der Waals surface area contributed by atoms with Gasteiger partial charge in [0.25, 0.3) is 0 Å². The standard InChI is InChI=1S/C8H11F3N4O2/c1-3-12-5-13-6(16-2)15-7(14-5)17-4-8(9,10)11/h3-4H2,1-2H3,(H,12,13,14,15). The topological polar surface area (TPSA) is 69.2 Å². The average Bonchev–Trinajstić information content (AvgIpc) is 2.25. The molecule has 1 aromatic heterocycles. The number of nitrogens with zero attached hydrogens (tertiary/aromatic N) is 3. The van der Waals surface area contributed by atoms with Gasteiger partial charge in [-0.3, -0.25) is 0 Å². The second-order valence-electron chi connectivity index (χ2n) is 2.86. The number of halogens is 3. The fourth-order valence-corrected chi connectivity index (χ4v) is 0.877. The van der Waals surface area contributed by atoms with Gasteiger partial charge in [-0.25, -0.2) is 0 Å². The van der Waals surface area contributed by atoms with E-state index in [-0.39, 0.29) is 12.0 Å². The van der Waals surface area contributed by atoms with Gasteiger partial charge in [-0.15, -0.1) is 4.98 Å². The molecule has 0 aliphatic carbocycles. The Hall–Kier alpha value is -1.80. The summed E-state index contributed by atoms with van der Waals surface area (Å²) >= 11 is 0. The van der Waals surface area contributed by atoms with Gasteiger partial charge in [-0.1, -0.05) is 0 Å². The number of hydrogen-bond donors (Lipinski definition) is 1. The highest BCUT2D eigenvalue weighted by Crippen LogP contribution is 2.18. The van der Waals surface area contributed by atoms with Crippen molar-refractivity contribution in [3.8, 4) is 12.0 Å². The largest absolute Gasteiger partial charge is 0.467 e. The van der Waals surface area contributed by atoms with E-state index in [1.54, 1.807) is 6.92 Å². The van der Waals surface area contributed by atoms with Crippen molar-refractivity contribution in [3.05, 3.63) is 0 Å². The zero-order valence-corrected chi connectivity index (χ0v) is 9.21. The monoisotopic (exact) mass is 252 g/mol. The summed E-state index contributed by atoms with van der Waals surface area (Å²) in [4.78, 5) is 10.9. The highest BCUT2D eigenvalue weighted by atomic mass is 19.4. The van der Waals surface area contributed by atoms with Crippen LogP contribution in [0.15, 0.2) is 0 Å². The Labute approximate surface area is 95.2 Å². The number of hydrogen-bond acceptors (Lipinski definition) is 6. The molecule has 0 atom stereocenters. The summed E-state index contributed by atoms with van der Waals surface area (Å²) in [6.07, 6.45) is -4.45. The Balaban J connectivity index is 2.79. The number of rotatable bonds is 5. The summed E-state index contributed by atoms with van der Waals surface area (Å²) < 4.78 is 44.9. The third-order valence-corrected chi connectivity index (χ3v) is 1.48. The number of methoxy groups -OCH3 is 1. The van der Waals surface area contributed by atoms with Gasteiger partial charge in [0.2, 0.25) is 5.95 Å². The van der Waals surface area contributed by atoms with Crippen molar-refractivity contribution in [2.75, 3.05) is 25.6 Å². The first-order valence-corrected chi connectivity index (χ1v) is 4.68. The summed E-state index contributed by atoms with van der Waals surface area (Å²) in [6, 6.07) is -0.557. The van der Waals surface area contributed by atoms with Crippen molar-refractivity contribution in [1.82, 2.24) is 15.0 Å². The van der Waals surface area contributed by atoms with E-state index < -0.39 is 18.8 Å². The molecule has 96 valence electrons. The SMILES string of the molecule is CCNc1nc(OC)nc(OCC(F)(F)F)n1. The van der Waals surface area contributed by atoms with Gasteiger partial charge in [-0.2, -0.15) is 23.1 Å². The molecule has 0 fully saturated rings. The van der Waals surface area contributed by atoms with Crippen LogP contribution in [0.2, 0.25) is 0 Å². The van der Waals surface area contributed by atoms with E-state index in [1.165, 1.54) is 7.11 Å². The van der Waals surface area contributed by atoms with Gasteiger partial charge < -0.3 is 14.8 Å². The molecule has 1 rings (SSSR count). The molecule has 0 amide bonds. The maximum atomic E-state index is 11.9. The Bertz CT molecular complexity index is 372. The Morgan fingerprint density at radius 2 is 1.82 bits per heavy atom. The third kappa shape index (κ3) is 4.70. The lowest BCUT2D eigenvalue weighted by molar-refractivity contribution is -0.154. The van der Waals surface area contributed by atoms with Gasteiger partial charge in [0.05, 0.1) is 7.11 Å². The molecular formula is C8H11F3N4O2. The van der Waals surface area contributed by atoms with Gasteiger partial charge >= 0.3 is 18.2 Å². The maximum Gasteiger partial charge on any atom is 0.422 e. The van der Waals surface area contributed by atoms with E-state index in [2.05, 4.69) is 25.0 Å². The molecule has 0 bridgehead atoms. The molecule has 0 aliphatic heterocycles. The van der Waals surface area contributed by atoms with E-state index in [4.69, 9.17) is 4.74 Å². The average molecular weight is 252 g/mol. The Morgan fingerprint density at radius 1 is 1.18 bits per heavy atom. The smallest absolute Gasteiger partial charge is 0.422 e. The minimum absolute atomic E-state index is 0.0940. The van der Waals surface area contributed by atoms with E-state index in [1.807, 2.05) is 0 Å². The molecule has 1 heterocycles. The number of aromatic nitrogens is 3. The molecule has 0 aliphatic rings. The second kappa shape index (κ2) is 5.51. The summed E-state index contributed by atoms with van der Waals surface area (Å²) in [5.41, 5.74) is 0. The van der Waals surface area contributed by atoms with Crippen molar-refractivity contribution < 1.29 is 22.6 Å². The molecule has 0 saturated carbocycles. The van der Waals surface area contributed by atoms with Crippen LogP contribution >= 0.6 is 0 Å².